The van der Waals surface area contributed by atoms with Crippen LogP contribution in [0.25, 0.3) is 11.1 Å². The van der Waals surface area contributed by atoms with Crippen molar-refractivity contribution in [2.45, 2.75) is 70.6 Å². The second-order valence-electron chi connectivity index (χ2n) is 9.39. The lowest BCUT2D eigenvalue weighted by Crippen LogP contribution is -2.45. The largest absolute Gasteiger partial charge is 0.489 e. The van der Waals surface area contributed by atoms with Gasteiger partial charge in [-0.1, -0.05) is 6.92 Å². The maximum Gasteiger partial charge on any atom is 0.412 e. The number of nitrogens with zero attached hydrogens (tertiary/aromatic N) is 3. The first-order valence-electron chi connectivity index (χ1n) is 11.6. The molecule has 2 fully saturated rings. The highest BCUT2D eigenvalue weighted by Crippen LogP contribution is 2.45. The molecule has 2 unspecified atom stereocenters. The van der Waals surface area contributed by atoms with Gasteiger partial charge in [-0.25, -0.2) is 4.79 Å². The summed E-state index contributed by atoms with van der Waals surface area (Å²) in [5, 5.41) is 17.3. The van der Waals surface area contributed by atoms with E-state index in [9.17, 15) is 14.7 Å². The van der Waals surface area contributed by atoms with Crippen LogP contribution >= 0.6 is 0 Å². The van der Waals surface area contributed by atoms with Gasteiger partial charge in [-0.3, -0.25) is 14.4 Å². The molecule has 170 valence electrons. The molecule has 1 aromatic carbocycles. The normalized spacial score (nSPS) is 25.6. The lowest BCUT2D eigenvalue weighted by molar-refractivity contribution is -0.123. The van der Waals surface area contributed by atoms with E-state index in [0.717, 1.165) is 60.2 Å². The Morgan fingerprint density at radius 1 is 1.22 bits per heavy atom. The number of ether oxygens (including phenoxy) is 1. The van der Waals surface area contributed by atoms with Crippen molar-refractivity contribution in [2.24, 2.45) is 5.92 Å². The summed E-state index contributed by atoms with van der Waals surface area (Å²) in [6.45, 7) is 4.72. The first kappa shape index (κ1) is 20.8. The number of hydrogen-bond acceptors (Lipinski definition) is 4. The van der Waals surface area contributed by atoms with Crippen molar-refractivity contribution in [1.82, 2.24) is 15.1 Å². The van der Waals surface area contributed by atoms with Crippen LogP contribution in [0.5, 0.6) is 5.75 Å². The van der Waals surface area contributed by atoms with Crippen LogP contribution in [0.2, 0.25) is 0 Å². The molecular weight excluding hydrogens is 408 g/mol. The molecular formula is C24H30N4O4. The summed E-state index contributed by atoms with van der Waals surface area (Å²) in [6, 6.07) is 3.82. The zero-order valence-electron chi connectivity index (χ0n) is 18.6. The van der Waals surface area contributed by atoms with E-state index >= 15 is 0 Å². The topological polar surface area (TPSA) is 96.7 Å². The number of nitrogens with one attached hydrogen (secondary N) is 1. The van der Waals surface area contributed by atoms with Gasteiger partial charge in [0.2, 0.25) is 5.91 Å². The monoisotopic (exact) mass is 438 g/mol. The van der Waals surface area contributed by atoms with Gasteiger partial charge in [-0.15, -0.1) is 0 Å². The molecule has 8 nitrogen and oxygen atoms in total. The van der Waals surface area contributed by atoms with E-state index < -0.39 is 6.09 Å². The SMILES string of the molecule is CC1[C@@H](C)Cc2c(ccc(-c3cnn(C4CCNC(=O)C4)c3)c2OC2CCC2)N1C(=O)O. The number of aromatic nitrogens is 2. The number of benzene rings is 1. The van der Waals surface area contributed by atoms with E-state index in [1.807, 2.05) is 36.1 Å². The van der Waals surface area contributed by atoms with Crippen molar-refractivity contribution in [2.75, 3.05) is 11.4 Å². The van der Waals surface area contributed by atoms with E-state index in [0.29, 0.717) is 13.0 Å². The molecule has 1 saturated heterocycles. The molecule has 1 aliphatic carbocycles. The summed E-state index contributed by atoms with van der Waals surface area (Å²) >= 11 is 0. The van der Waals surface area contributed by atoms with Crippen LogP contribution in [0, 0.1) is 5.92 Å². The summed E-state index contributed by atoms with van der Waals surface area (Å²) in [4.78, 5) is 25.4. The van der Waals surface area contributed by atoms with Crippen LogP contribution in [0.15, 0.2) is 24.5 Å². The van der Waals surface area contributed by atoms with Crippen molar-refractivity contribution in [3.05, 3.63) is 30.1 Å². The van der Waals surface area contributed by atoms with Crippen molar-refractivity contribution < 1.29 is 19.4 Å². The predicted molar refractivity (Wildman–Crippen MR) is 120 cm³/mol. The van der Waals surface area contributed by atoms with E-state index in [-0.39, 0.29) is 30.0 Å². The third kappa shape index (κ3) is 3.61. The molecule has 3 heterocycles. The molecule has 2 N–H and O–H groups in total. The Kier molecular flexibility index (Phi) is 5.31. The highest BCUT2D eigenvalue weighted by molar-refractivity contribution is 5.91. The van der Waals surface area contributed by atoms with Gasteiger partial charge in [0, 0.05) is 41.9 Å². The minimum atomic E-state index is -0.934. The summed E-state index contributed by atoms with van der Waals surface area (Å²) in [7, 11) is 0. The molecule has 0 bridgehead atoms. The van der Waals surface area contributed by atoms with E-state index in [1.54, 1.807) is 0 Å². The average Bonchev–Trinajstić information content (AvgIpc) is 3.21. The van der Waals surface area contributed by atoms with Gasteiger partial charge in [-0.2, -0.15) is 5.10 Å². The van der Waals surface area contributed by atoms with Gasteiger partial charge in [-0.05, 0) is 57.1 Å². The maximum absolute atomic E-state index is 12.1. The fourth-order valence-electron chi connectivity index (χ4n) is 4.97. The number of amides is 2. The molecule has 8 heteroatoms. The van der Waals surface area contributed by atoms with Crippen LogP contribution in [0.1, 0.15) is 57.6 Å². The number of carboxylic acid groups (broad SMARTS) is 1. The van der Waals surface area contributed by atoms with Gasteiger partial charge in [0.1, 0.15) is 5.75 Å². The Balaban J connectivity index is 1.56. The van der Waals surface area contributed by atoms with Crippen LogP contribution in [-0.2, 0) is 11.2 Å². The third-order valence-electron chi connectivity index (χ3n) is 7.30. The van der Waals surface area contributed by atoms with Gasteiger partial charge < -0.3 is 15.2 Å². The summed E-state index contributed by atoms with van der Waals surface area (Å²) in [5.74, 6) is 1.03. The zero-order valence-corrected chi connectivity index (χ0v) is 18.6. The second-order valence-corrected chi connectivity index (χ2v) is 9.39. The molecule has 1 saturated carbocycles. The van der Waals surface area contributed by atoms with E-state index in [2.05, 4.69) is 17.3 Å². The highest BCUT2D eigenvalue weighted by atomic mass is 16.5. The first-order chi connectivity index (χ1) is 15.4. The van der Waals surface area contributed by atoms with Gasteiger partial charge in [0.25, 0.3) is 0 Å². The molecule has 1 aromatic heterocycles. The Morgan fingerprint density at radius 3 is 2.72 bits per heavy atom. The highest BCUT2D eigenvalue weighted by Gasteiger charge is 2.36. The standard InChI is InChI=1S/C24H30N4O4/c1-14-10-20-21(28(15(14)2)24(30)31)7-6-19(23(20)32-18-4-3-5-18)16-12-26-27(13-16)17-8-9-25-22(29)11-17/h6-7,12-15,17-18H,3-5,8-11H2,1-2H3,(H,25,29)(H,30,31)/t14-,15?,17?/m0/s1. The zero-order chi connectivity index (χ0) is 22.4. The van der Waals surface area contributed by atoms with Crippen LogP contribution in [-0.4, -0.2) is 45.6 Å². The minimum Gasteiger partial charge on any atom is -0.489 e. The number of rotatable bonds is 4. The maximum atomic E-state index is 12.1. The molecule has 3 aliphatic rings. The van der Waals surface area contributed by atoms with Crippen LogP contribution < -0.4 is 15.0 Å². The summed E-state index contributed by atoms with van der Waals surface area (Å²) in [5.41, 5.74) is 3.56. The Hall–Kier alpha value is -3.03. The second kappa shape index (κ2) is 8.15. The van der Waals surface area contributed by atoms with Crippen molar-refractivity contribution in [1.29, 1.82) is 0 Å². The predicted octanol–water partition coefficient (Wildman–Crippen LogP) is 4.00. The summed E-state index contributed by atoms with van der Waals surface area (Å²) < 4.78 is 8.38. The number of fused-ring (bicyclic) bond motifs is 1. The number of carbonyl (C=O) groups is 2. The Labute approximate surface area is 187 Å². The third-order valence-corrected chi connectivity index (χ3v) is 7.30. The van der Waals surface area contributed by atoms with Crippen LogP contribution in [0.3, 0.4) is 0 Å². The fraction of sp³-hybridized carbons (Fsp3) is 0.542. The smallest absolute Gasteiger partial charge is 0.412 e. The average molecular weight is 439 g/mol. The number of carbonyl (C=O) groups excluding carboxylic acids is 1. The molecule has 5 rings (SSSR count). The lowest BCUT2D eigenvalue weighted by Gasteiger charge is -2.39. The van der Waals surface area contributed by atoms with E-state index in [1.165, 1.54) is 4.90 Å². The molecule has 0 radical (unpaired) electrons. The summed E-state index contributed by atoms with van der Waals surface area (Å²) in [6.07, 6.45) is 8.31. The molecule has 2 aliphatic heterocycles. The minimum absolute atomic E-state index is 0.0505. The quantitative estimate of drug-likeness (QED) is 0.752. The molecule has 0 spiro atoms. The lowest BCUT2D eigenvalue weighted by atomic mass is 9.85. The first-order valence-corrected chi connectivity index (χ1v) is 11.6. The van der Waals surface area contributed by atoms with Gasteiger partial charge in [0.05, 0.1) is 24.0 Å². The molecule has 3 atom stereocenters. The van der Waals surface area contributed by atoms with Crippen LogP contribution in [0.4, 0.5) is 10.5 Å². The molecule has 32 heavy (non-hydrogen) atoms. The number of hydrogen-bond donors (Lipinski definition) is 2. The molecule has 2 aromatic rings. The van der Waals surface area contributed by atoms with Crippen molar-refractivity contribution in [3.63, 3.8) is 0 Å². The Bertz CT molecular complexity index is 1040. The fourth-order valence-corrected chi connectivity index (χ4v) is 4.97. The van der Waals surface area contributed by atoms with Crippen molar-refractivity contribution in [3.8, 4) is 16.9 Å². The Morgan fingerprint density at radius 2 is 2.03 bits per heavy atom. The van der Waals surface area contributed by atoms with Gasteiger partial charge >= 0.3 is 6.09 Å². The molecule has 2 amide bonds. The van der Waals surface area contributed by atoms with Gasteiger partial charge in [0.15, 0.2) is 0 Å². The van der Waals surface area contributed by atoms with E-state index in [4.69, 9.17) is 4.74 Å². The number of anilines is 1. The number of piperidine rings is 1. The van der Waals surface area contributed by atoms with Crippen molar-refractivity contribution >= 4 is 17.7 Å².